The van der Waals surface area contributed by atoms with E-state index in [1.54, 1.807) is 43.5 Å². The number of hydrogen-bond acceptors (Lipinski definition) is 7. The van der Waals surface area contributed by atoms with Crippen LogP contribution in [0.15, 0.2) is 54.7 Å². The first-order chi connectivity index (χ1) is 16.8. The number of nitrogens with zero attached hydrogens (tertiary/aromatic N) is 3. The van der Waals surface area contributed by atoms with Crippen molar-refractivity contribution in [2.24, 2.45) is 0 Å². The zero-order valence-electron chi connectivity index (χ0n) is 18.8. The molecule has 0 aliphatic carbocycles. The molecular formula is C24H22ClN5O5. The van der Waals surface area contributed by atoms with Crippen LogP contribution < -0.4 is 15.5 Å². The van der Waals surface area contributed by atoms with Gasteiger partial charge < -0.3 is 20.3 Å². The number of nitrogens with one attached hydrogen (secondary N) is 2. The van der Waals surface area contributed by atoms with Gasteiger partial charge in [-0.05, 0) is 48.9 Å². The van der Waals surface area contributed by atoms with E-state index in [-0.39, 0.29) is 16.5 Å². The van der Waals surface area contributed by atoms with Crippen LogP contribution >= 0.6 is 11.6 Å². The van der Waals surface area contributed by atoms with Gasteiger partial charge in [0.2, 0.25) is 0 Å². The zero-order chi connectivity index (χ0) is 24.9. The Morgan fingerprint density at radius 1 is 1.09 bits per heavy atom. The summed E-state index contributed by atoms with van der Waals surface area (Å²) in [5.74, 6) is -0.329. The van der Waals surface area contributed by atoms with Crippen LogP contribution in [0.3, 0.4) is 0 Å². The Balaban J connectivity index is 1.51. The minimum absolute atomic E-state index is 0.130. The molecule has 4 rings (SSSR count). The Bertz CT molecular complexity index is 1290. The lowest BCUT2D eigenvalue weighted by atomic mass is 10.1. The maximum Gasteiger partial charge on any atom is 0.300 e. The highest BCUT2D eigenvalue weighted by molar-refractivity contribution is 6.33. The van der Waals surface area contributed by atoms with Gasteiger partial charge in [-0.25, -0.2) is 4.98 Å². The molecule has 0 unspecified atom stereocenters. The third-order valence-corrected chi connectivity index (χ3v) is 5.81. The maximum atomic E-state index is 12.9. The van der Waals surface area contributed by atoms with Crippen molar-refractivity contribution in [1.29, 1.82) is 0 Å². The number of pyridine rings is 1. The van der Waals surface area contributed by atoms with E-state index < -0.39 is 16.5 Å². The van der Waals surface area contributed by atoms with Gasteiger partial charge in [-0.2, -0.15) is 0 Å². The number of nitro groups is 1. The van der Waals surface area contributed by atoms with Gasteiger partial charge in [-0.3, -0.25) is 19.7 Å². The van der Waals surface area contributed by atoms with E-state index >= 15 is 0 Å². The van der Waals surface area contributed by atoms with Crippen LogP contribution in [0, 0.1) is 17.0 Å². The van der Waals surface area contributed by atoms with Crippen molar-refractivity contribution in [3.05, 3.63) is 86.6 Å². The summed E-state index contributed by atoms with van der Waals surface area (Å²) in [6.45, 7) is 4.38. The standard InChI is InChI=1S/C24H22ClN5O5/c1-15-5-6-17(14-20(15)28-24(32)18-3-2-4-19(25)22(18)30(33)34)27-23(31)16-7-8-26-21(13-16)29-9-11-35-12-10-29/h2-8,13-14H,9-12H2,1H3,(H,27,31)(H,28,32). The van der Waals surface area contributed by atoms with E-state index in [0.717, 1.165) is 0 Å². The number of carbonyl (C=O) groups is 2. The molecule has 2 amide bonds. The predicted octanol–water partition coefficient (Wildman–Crippen LogP) is 4.29. The summed E-state index contributed by atoms with van der Waals surface area (Å²) in [4.78, 5) is 42.8. The van der Waals surface area contributed by atoms with Gasteiger partial charge in [0, 0.05) is 36.2 Å². The number of hydrogen-bond donors (Lipinski definition) is 2. The molecule has 0 saturated carbocycles. The van der Waals surface area contributed by atoms with E-state index in [9.17, 15) is 19.7 Å². The van der Waals surface area contributed by atoms with Gasteiger partial charge in [0.1, 0.15) is 16.4 Å². The summed E-state index contributed by atoms with van der Waals surface area (Å²) in [7, 11) is 0. The summed E-state index contributed by atoms with van der Waals surface area (Å²) in [5.41, 5.74) is 1.35. The fraction of sp³-hybridized carbons (Fsp3) is 0.208. The maximum absolute atomic E-state index is 12.9. The molecule has 0 bridgehead atoms. The summed E-state index contributed by atoms with van der Waals surface area (Å²) < 4.78 is 5.36. The number of para-hydroxylation sites is 1. The Kier molecular flexibility index (Phi) is 7.23. The summed E-state index contributed by atoms with van der Waals surface area (Å²) in [6, 6.07) is 12.5. The van der Waals surface area contributed by atoms with Gasteiger partial charge in [0.15, 0.2) is 0 Å². The Labute approximate surface area is 206 Å². The summed E-state index contributed by atoms with van der Waals surface area (Å²) in [6.07, 6.45) is 1.58. The highest BCUT2D eigenvalue weighted by Crippen LogP contribution is 2.30. The molecule has 1 aromatic heterocycles. The first-order valence-electron chi connectivity index (χ1n) is 10.8. The third-order valence-electron chi connectivity index (χ3n) is 5.50. The van der Waals surface area contributed by atoms with Gasteiger partial charge in [0.05, 0.1) is 18.1 Å². The molecule has 2 heterocycles. The Morgan fingerprint density at radius 2 is 1.86 bits per heavy atom. The molecule has 10 nitrogen and oxygen atoms in total. The number of morpholine rings is 1. The fourth-order valence-electron chi connectivity index (χ4n) is 3.64. The van der Waals surface area contributed by atoms with E-state index in [0.29, 0.717) is 54.6 Å². The quantitative estimate of drug-likeness (QED) is 0.385. The number of anilines is 3. The van der Waals surface area contributed by atoms with Crippen molar-refractivity contribution in [3.63, 3.8) is 0 Å². The zero-order valence-corrected chi connectivity index (χ0v) is 19.5. The monoisotopic (exact) mass is 495 g/mol. The normalized spacial score (nSPS) is 13.3. The lowest BCUT2D eigenvalue weighted by Gasteiger charge is -2.27. The summed E-state index contributed by atoms with van der Waals surface area (Å²) in [5, 5.41) is 16.7. The van der Waals surface area contributed by atoms with Crippen LogP contribution in [-0.4, -0.2) is 48.0 Å². The molecule has 2 N–H and O–H groups in total. The molecule has 2 aromatic carbocycles. The molecule has 1 aliphatic heterocycles. The van der Waals surface area contributed by atoms with Gasteiger partial charge in [-0.15, -0.1) is 0 Å². The van der Waals surface area contributed by atoms with Crippen molar-refractivity contribution in [2.75, 3.05) is 41.8 Å². The molecule has 1 fully saturated rings. The smallest absolute Gasteiger partial charge is 0.300 e. The highest BCUT2D eigenvalue weighted by Gasteiger charge is 2.24. The molecule has 1 aliphatic rings. The topological polar surface area (TPSA) is 127 Å². The average molecular weight is 496 g/mol. The number of ether oxygens (including phenoxy) is 1. The molecule has 35 heavy (non-hydrogen) atoms. The van der Waals surface area contributed by atoms with Gasteiger partial charge in [0.25, 0.3) is 11.8 Å². The second kappa shape index (κ2) is 10.5. The largest absolute Gasteiger partial charge is 0.378 e. The number of halogens is 1. The van der Waals surface area contributed by atoms with Crippen molar-refractivity contribution in [1.82, 2.24) is 4.98 Å². The number of amides is 2. The minimum Gasteiger partial charge on any atom is -0.378 e. The van der Waals surface area contributed by atoms with Crippen LogP contribution in [0.2, 0.25) is 5.02 Å². The van der Waals surface area contributed by atoms with E-state index in [2.05, 4.69) is 20.5 Å². The molecule has 0 spiro atoms. The lowest BCUT2D eigenvalue weighted by molar-refractivity contribution is -0.385. The lowest BCUT2D eigenvalue weighted by Crippen LogP contribution is -2.36. The van der Waals surface area contributed by atoms with Crippen molar-refractivity contribution >= 4 is 46.3 Å². The number of benzene rings is 2. The van der Waals surface area contributed by atoms with Crippen LogP contribution in [0.5, 0.6) is 0 Å². The average Bonchev–Trinajstić information content (AvgIpc) is 2.86. The highest BCUT2D eigenvalue weighted by atomic mass is 35.5. The third kappa shape index (κ3) is 5.56. The fourth-order valence-corrected chi connectivity index (χ4v) is 3.88. The van der Waals surface area contributed by atoms with Crippen molar-refractivity contribution in [3.8, 4) is 0 Å². The SMILES string of the molecule is Cc1ccc(NC(=O)c2ccnc(N3CCOCC3)c2)cc1NC(=O)c1cccc(Cl)c1[N+](=O)[O-]. The van der Waals surface area contributed by atoms with E-state index in [1.165, 1.54) is 18.2 Å². The van der Waals surface area contributed by atoms with Crippen LogP contribution in [0.1, 0.15) is 26.3 Å². The molecule has 11 heteroatoms. The number of aryl methyl sites for hydroxylation is 1. The molecule has 1 saturated heterocycles. The number of rotatable bonds is 6. The molecule has 180 valence electrons. The molecule has 0 radical (unpaired) electrons. The van der Waals surface area contributed by atoms with Gasteiger partial charge >= 0.3 is 5.69 Å². The number of carbonyl (C=O) groups excluding carboxylic acids is 2. The van der Waals surface area contributed by atoms with E-state index in [1.807, 2.05) is 0 Å². The van der Waals surface area contributed by atoms with E-state index in [4.69, 9.17) is 16.3 Å². The first-order valence-corrected chi connectivity index (χ1v) is 11.2. The predicted molar refractivity (Wildman–Crippen MR) is 132 cm³/mol. The first kappa shape index (κ1) is 24.1. The van der Waals surface area contributed by atoms with Crippen LogP contribution in [0.4, 0.5) is 22.9 Å². The molecule has 0 atom stereocenters. The molecule has 3 aromatic rings. The van der Waals surface area contributed by atoms with Crippen molar-refractivity contribution in [2.45, 2.75) is 6.92 Å². The Morgan fingerprint density at radius 3 is 2.60 bits per heavy atom. The van der Waals surface area contributed by atoms with Crippen LogP contribution in [0.25, 0.3) is 0 Å². The summed E-state index contributed by atoms with van der Waals surface area (Å²) >= 11 is 5.92. The van der Waals surface area contributed by atoms with Crippen molar-refractivity contribution < 1.29 is 19.2 Å². The second-order valence-corrected chi connectivity index (χ2v) is 8.24. The van der Waals surface area contributed by atoms with Crippen LogP contribution in [-0.2, 0) is 4.74 Å². The Hall–Kier alpha value is -4.02. The second-order valence-electron chi connectivity index (χ2n) is 7.83. The number of aromatic nitrogens is 1. The number of nitro benzene ring substituents is 1. The van der Waals surface area contributed by atoms with Gasteiger partial charge in [-0.1, -0.05) is 23.7 Å². The molecular weight excluding hydrogens is 474 g/mol. The minimum atomic E-state index is -0.694.